The van der Waals surface area contributed by atoms with Crippen LogP contribution in [0.1, 0.15) is 45.4 Å². The highest BCUT2D eigenvalue weighted by Gasteiger charge is 2.29. The molecular weight excluding hydrogens is 424 g/mol. The summed E-state index contributed by atoms with van der Waals surface area (Å²) >= 11 is 3.34. The summed E-state index contributed by atoms with van der Waals surface area (Å²) in [5.74, 6) is 0.861. The van der Waals surface area contributed by atoms with Crippen molar-refractivity contribution in [2.45, 2.75) is 18.8 Å². The molecule has 0 aliphatic heterocycles. The van der Waals surface area contributed by atoms with Gasteiger partial charge in [0.25, 0.3) is 11.8 Å². The number of hydrogen-bond donors (Lipinski definition) is 2. The van der Waals surface area contributed by atoms with Crippen molar-refractivity contribution in [3.8, 4) is 11.4 Å². The number of anilines is 1. The minimum absolute atomic E-state index is 0.287. The molecule has 0 spiro atoms. The molecule has 8 heteroatoms. The van der Waals surface area contributed by atoms with Gasteiger partial charge in [-0.1, -0.05) is 33.2 Å². The van der Waals surface area contributed by atoms with Crippen LogP contribution in [-0.2, 0) is 0 Å². The first-order valence-corrected chi connectivity index (χ1v) is 9.61. The fourth-order valence-electron chi connectivity index (χ4n) is 2.79. The summed E-state index contributed by atoms with van der Waals surface area (Å²) in [7, 11) is 1.54. The Kier molecular flexibility index (Phi) is 4.95. The van der Waals surface area contributed by atoms with Crippen molar-refractivity contribution in [1.29, 1.82) is 0 Å². The lowest BCUT2D eigenvalue weighted by Crippen LogP contribution is -2.21. The van der Waals surface area contributed by atoms with Gasteiger partial charge in [-0.05, 0) is 43.2 Å². The van der Waals surface area contributed by atoms with Crippen molar-refractivity contribution in [3.05, 3.63) is 64.0 Å². The Bertz CT molecular complexity index is 1060. The third-order valence-corrected chi connectivity index (χ3v) is 4.95. The Hall–Kier alpha value is -3.00. The van der Waals surface area contributed by atoms with Gasteiger partial charge in [-0.15, -0.1) is 0 Å². The highest BCUT2D eigenvalue weighted by atomic mass is 79.9. The van der Waals surface area contributed by atoms with Crippen LogP contribution in [0.3, 0.4) is 0 Å². The third kappa shape index (κ3) is 3.82. The molecule has 2 amide bonds. The van der Waals surface area contributed by atoms with Gasteiger partial charge >= 0.3 is 0 Å². The first-order chi connectivity index (χ1) is 13.5. The van der Waals surface area contributed by atoms with Gasteiger partial charge in [0.2, 0.25) is 11.7 Å². The van der Waals surface area contributed by atoms with Crippen LogP contribution >= 0.6 is 15.9 Å². The lowest BCUT2D eigenvalue weighted by molar-refractivity contribution is 0.0964. The van der Waals surface area contributed by atoms with E-state index in [1.54, 1.807) is 43.4 Å². The van der Waals surface area contributed by atoms with Gasteiger partial charge in [0.1, 0.15) is 0 Å². The summed E-state index contributed by atoms with van der Waals surface area (Å²) in [5.41, 5.74) is 1.92. The van der Waals surface area contributed by atoms with Crippen molar-refractivity contribution < 1.29 is 14.1 Å². The summed E-state index contributed by atoms with van der Waals surface area (Å²) in [6, 6.07) is 12.1. The molecular formula is C20H17BrN4O3. The van der Waals surface area contributed by atoms with Crippen LogP contribution in [-0.4, -0.2) is 29.0 Å². The molecule has 0 unspecified atom stereocenters. The van der Waals surface area contributed by atoms with E-state index in [2.05, 4.69) is 36.7 Å². The Morgan fingerprint density at radius 1 is 1.14 bits per heavy atom. The zero-order chi connectivity index (χ0) is 19.7. The summed E-state index contributed by atoms with van der Waals surface area (Å²) in [6.45, 7) is 0. The smallest absolute Gasteiger partial charge is 0.255 e. The van der Waals surface area contributed by atoms with Crippen molar-refractivity contribution >= 4 is 33.4 Å². The minimum atomic E-state index is -0.333. The van der Waals surface area contributed by atoms with E-state index in [1.165, 1.54) is 0 Å². The molecule has 1 aliphatic rings. The molecule has 1 fully saturated rings. The average molecular weight is 441 g/mol. The molecule has 1 saturated carbocycles. The second-order valence-corrected chi connectivity index (χ2v) is 7.45. The molecule has 0 radical (unpaired) electrons. The van der Waals surface area contributed by atoms with E-state index >= 15 is 0 Å². The number of amides is 2. The van der Waals surface area contributed by atoms with Gasteiger partial charge in [0.15, 0.2) is 0 Å². The van der Waals surface area contributed by atoms with E-state index in [-0.39, 0.29) is 11.8 Å². The second kappa shape index (κ2) is 7.55. The summed E-state index contributed by atoms with van der Waals surface area (Å²) in [5, 5.41) is 9.38. The number of halogens is 1. The molecule has 142 valence electrons. The molecule has 28 heavy (non-hydrogen) atoms. The van der Waals surface area contributed by atoms with E-state index in [1.807, 2.05) is 6.07 Å². The number of carbonyl (C=O) groups excluding carboxylic acids is 2. The highest BCUT2D eigenvalue weighted by Crippen LogP contribution is 2.39. The topological polar surface area (TPSA) is 97.1 Å². The van der Waals surface area contributed by atoms with Crippen molar-refractivity contribution in [2.75, 3.05) is 12.4 Å². The molecule has 1 aromatic heterocycles. The Labute approximate surface area is 169 Å². The van der Waals surface area contributed by atoms with E-state index in [0.717, 1.165) is 17.3 Å². The van der Waals surface area contributed by atoms with Crippen molar-refractivity contribution in [3.63, 3.8) is 0 Å². The van der Waals surface area contributed by atoms with Gasteiger partial charge in [-0.25, -0.2) is 0 Å². The number of aromatic nitrogens is 2. The van der Waals surface area contributed by atoms with Crippen LogP contribution in [0.15, 0.2) is 51.5 Å². The predicted molar refractivity (Wildman–Crippen MR) is 107 cm³/mol. The van der Waals surface area contributed by atoms with Crippen molar-refractivity contribution in [2.24, 2.45) is 0 Å². The summed E-state index contributed by atoms with van der Waals surface area (Å²) in [4.78, 5) is 29.3. The number of nitrogens with zero attached hydrogens (tertiary/aromatic N) is 2. The molecule has 2 N–H and O–H groups in total. The number of hydrogen-bond acceptors (Lipinski definition) is 5. The van der Waals surface area contributed by atoms with E-state index in [0.29, 0.717) is 40.0 Å². The lowest BCUT2D eigenvalue weighted by atomic mass is 10.1. The van der Waals surface area contributed by atoms with Crippen LogP contribution in [0, 0.1) is 0 Å². The average Bonchev–Trinajstić information content (AvgIpc) is 3.45. The maximum Gasteiger partial charge on any atom is 0.255 e. The molecule has 0 atom stereocenters. The van der Waals surface area contributed by atoms with E-state index in [4.69, 9.17) is 4.52 Å². The van der Waals surface area contributed by atoms with Crippen LogP contribution < -0.4 is 10.6 Å². The first-order valence-electron chi connectivity index (χ1n) is 8.82. The standard InChI is InChI=1S/C20H17BrN4O3/c1-22-19(27)15-10-14(21)7-8-16(15)23-18(26)13-4-2-3-12(9-13)17-24-20(28-25-17)11-5-6-11/h2-4,7-11H,5-6H2,1H3,(H,22,27)(H,23,26). The second-order valence-electron chi connectivity index (χ2n) is 6.53. The van der Waals surface area contributed by atoms with E-state index < -0.39 is 0 Å². The maximum absolute atomic E-state index is 12.8. The fourth-order valence-corrected chi connectivity index (χ4v) is 3.15. The first kappa shape index (κ1) is 18.4. The molecule has 1 aliphatic carbocycles. The molecule has 4 rings (SSSR count). The highest BCUT2D eigenvalue weighted by molar-refractivity contribution is 9.10. The maximum atomic E-state index is 12.8. The summed E-state index contributed by atoms with van der Waals surface area (Å²) in [6.07, 6.45) is 2.15. The molecule has 7 nitrogen and oxygen atoms in total. The number of benzene rings is 2. The van der Waals surface area contributed by atoms with E-state index in [9.17, 15) is 9.59 Å². The molecule has 3 aromatic rings. The number of rotatable bonds is 5. The SMILES string of the molecule is CNC(=O)c1cc(Br)ccc1NC(=O)c1cccc(-c2noc(C3CC3)n2)c1. The van der Waals surface area contributed by atoms with Crippen LogP contribution in [0.5, 0.6) is 0 Å². The monoisotopic (exact) mass is 440 g/mol. The number of carbonyl (C=O) groups is 2. The Morgan fingerprint density at radius 2 is 1.96 bits per heavy atom. The largest absolute Gasteiger partial charge is 0.355 e. The van der Waals surface area contributed by atoms with Gasteiger partial charge in [0, 0.05) is 28.6 Å². The van der Waals surface area contributed by atoms with Gasteiger partial charge < -0.3 is 15.2 Å². The minimum Gasteiger partial charge on any atom is -0.355 e. The van der Waals surface area contributed by atoms with Gasteiger partial charge in [-0.2, -0.15) is 4.98 Å². The predicted octanol–water partition coefficient (Wildman–Crippen LogP) is 3.99. The number of nitrogens with one attached hydrogen (secondary N) is 2. The molecule has 0 saturated heterocycles. The Morgan fingerprint density at radius 3 is 2.71 bits per heavy atom. The molecule has 1 heterocycles. The third-order valence-electron chi connectivity index (χ3n) is 4.45. The quantitative estimate of drug-likeness (QED) is 0.624. The van der Waals surface area contributed by atoms with Crippen LogP contribution in [0.25, 0.3) is 11.4 Å². The van der Waals surface area contributed by atoms with Gasteiger partial charge in [-0.3, -0.25) is 9.59 Å². The van der Waals surface area contributed by atoms with Crippen LogP contribution in [0.2, 0.25) is 0 Å². The van der Waals surface area contributed by atoms with Gasteiger partial charge in [0.05, 0.1) is 11.3 Å². The molecule has 0 bridgehead atoms. The molecule has 2 aromatic carbocycles. The zero-order valence-electron chi connectivity index (χ0n) is 15.0. The fraction of sp³-hybridized carbons (Fsp3) is 0.200. The zero-order valence-corrected chi connectivity index (χ0v) is 16.6. The van der Waals surface area contributed by atoms with Crippen molar-refractivity contribution in [1.82, 2.24) is 15.5 Å². The normalized spacial score (nSPS) is 13.2. The lowest BCUT2D eigenvalue weighted by Gasteiger charge is -2.11. The van der Waals surface area contributed by atoms with Crippen LogP contribution in [0.4, 0.5) is 5.69 Å². The summed E-state index contributed by atoms with van der Waals surface area (Å²) < 4.78 is 6.04. The Balaban J connectivity index is 1.58.